The van der Waals surface area contributed by atoms with Crippen LogP contribution in [0.15, 0.2) is 70.9 Å². The Morgan fingerprint density at radius 1 is 1.08 bits per heavy atom. The minimum Gasteiger partial charge on any atom is -0.493 e. The number of rotatable bonds is 8. The lowest BCUT2D eigenvalue weighted by Crippen LogP contribution is -2.15. The van der Waals surface area contributed by atoms with Crippen LogP contribution in [0.3, 0.4) is 0 Å². The van der Waals surface area contributed by atoms with Crippen molar-refractivity contribution in [2.75, 3.05) is 11.9 Å². The summed E-state index contributed by atoms with van der Waals surface area (Å²) >= 11 is 3.17. The molecule has 0 fully saturated rings. The Balaban J connectivity index is 1.40. The number of anilines is 1. The minimum atomic E-state index is -0.0902. The van der Waals surface area contributed by atoms with E-state index in [-0.39, 0.29) is 5.91 Å². The van der Waals surface area contributed by atoms with E-state index in [0.717, 1.165) is 17.2 Å². The van der Waals surface area contributed by atoms with E-state index < -0.39 is 0 Å². The molecule has 1 N–H and O–H groups in total. The van der Waals surface area contributed by atoms with Crippen LogP contribution >= 0.6 is 23.1 Å². The number of nitrogens with zero attached hydrogens (tertiary/aromatic N) is 1. The quantitative estimate of drug-likeness (QED) is 0.576. The Morgan fingerprint density at radius 2 is 1.80 bits per heavy atom. The number of amides is 1. The Kier molecular flexibility index (Phi) is 6.48. The summed E-state index contributed by atoms with van der Waals surface area (Å²) < 4.78 is 5.53. The molecule has 0 bridgehead atoms. The Morgan fingerprint density at radius 3 is 2.56 bits per heavy atom. The molecule has 1 amide bonds. The first kappa shape index (κ1) is 17.5. The summed E-state index contributed by atoms with van der Waals surface area (Å²) in [7, 11) is 0. The highest BCUT2D eigenvalue weighted by atomic mass is 32.2. The van der Waals surface area contributed by atoms with Crippen LogP contribution in [-0.2, 0) is 10.5 Å². The van der Waals surface area contributed by atoms with Crippen LogP contribution in [0.2, 0.25) is 0 Å². The number of ether oxygens (including phenoxy) is 1. The molecule has 3 aromatic rings. The van der Waals surface area contributed by atoms with Gasteiger partial charge in [0.25, 0.3) is 0 Å². The van der Waals surface area contributed by atoms with Gasteiger partial charge in [0.2, 0.25) is 5.91 Å². The van der Waals surface area contributed by atoms with E-state index in [1.54, 1.807) is 11.8 Å². The zero-order valence-electron chi connectivity index (χ0n) is 13.6. The topological polar surface area (TPSA) is 51.2 Å². The lowest BCUT2D eigenvalue weighted by Gasteiger charge is -2.05. The summed E-state index contributed by atoms with van der Waals surface area (Å²) in [6, 6.07) is 19.7. The van der Waals surface area contributed by atoms with Gasteiger partial charge in [0.05, 0.1) is 18.7 Å². The van der Waals surface area contributed by atoms with Crippen molar-refractivity contribution in [3.8, 4) is 5.75 Å². The highest BCUT2D eigenvalue weighted by Gasteiger charge is 2.07. The third-order valence-electron chi connectivity index (χ3n) is 3.27. The van der Waals surface area contributed by atoms with Gasteiger partial charge in [-0.3, -0.25) is 4.79 Å². The Bertz CT molecular complexity index is 791. The molecule has 4 nitrogen and oxygen atoms in total. The molecule has 0 aliphatic rings. The number of carbonyl (C=O) groups excluding carboxylic acids is 1. The normalized spacial score (nSPS) is 10.4. The van der Waals surface area contributed by atoms with Crippen LogP contribution in [0, 0.1) is 0 Å². The second-order valence-electron chi connectivity index (χ2n) is 5.21. The average Bonchev–Trinajstić information content (AvgIpc) is 3.09. The molecule has 0 radical (unpaired) electrons. The molecule has 3 rings (SSSR count). The first-order valence-electron chi connectivity index (χ1n) is 7.89. The summed E-state index contributed by atoms with van der Waals surface area (Å²) in [6.45, 7) is 0.345. The fourth-order valence-corrected chi connectivity index (χ4v) is 3.71. The fraction of sp³-hybridized carbons (Fsp3) is 0.158. The zero-order chi connectivity index (χ0) is 17.3. The molecule has 0 saturated heterocycles. The summed E-state index contributed by atoms with van der Waals surface area (Å²) in [5, 5.41) is 5.44. The SMILES string of the molecule is O=C(CCOc1ccccc1)Nc1nc(CSc2ccccc2)cs1. The molecule has 2 aromatic carbocycles. The molecule has 0 saturated carbocycles. The van der Waals surface area contributed by atoms with E-state index in [4.69, 9.17) is 4.74 Å². The van der Waals surface area contributed by atoms with Crippen molar-refractivity contribution in [1.82, 2.24) is 4.98 Å². The van der Waals surface area contributed by atoms with E-state index in [1.807, 2.05) is 53.9 Å². The standard InChI is InChI=1S/C19H18N2O2S2/c22-18(11-12-23-16-7-3-1-4-8-16)21-19-20-15(14-25-19)13-24-17-9-5-2-6-10-17/h1-10,14H,11-13H2,(H,20,21,22). The van der Waals surface area contributed by atoms with Gasteiger partial charge in [-0.2, -0.15) is 0 Å². The number of aromatic nitrogens is 1. The van der Waals surface area contributed by atoms with Crippen LogP contribution in [0.1, 0.15) is 12.1 Å². The second-order valence-corrected chi connectivity index (χ2v) is 7.11. The summed E-state index contributed by atoms with van der Waals surface area (Å²) in [5.41, 5.74) is 0.967. The molecule has 6 heteroatoms. The monoisotopic (exact) mass is 370 g/mol. The smallest absolute Gasteiger partial charge is 0.229 e. The van der Waals surface area contributed by atoms with E-state index in [1.165, 1.54) is 16.2 Å². The van der Waals surface area contributed by atoms with Gasteiger partial charge in [-0.25, -0.2) is 4.98 Å². The zero-order valence-corrected chi connectivity index (χ0v) is 15.2. The molecule has 0 aliphatic heterocycles. The fourth-order valence-electron chi connectivity index (χ4n) is 2.06. The van der Waals surface area contributed by atoms with Crippen LogP contribution in [0.25, 0.3) is 0 Å². The van der Waals surface area contributed by atoms with Crippen molar-refractivity contribution < 1.29 is 9.53 Å². The molecule has 0 unspecified atom stereocenters. The Hall–Kier alpha value is -2.31. The van der Waals surface area contributed by atoms with Crippen molar-refractivity contribution >= 4 is 34.1 Å². The van der Waals surface area contributed by atoms with Gasteiger partial charge in [-0.05, 0) is 24.3 Å². The summed E-state index contributed by atoms with van der Waals surface area (Å²) in [5.74, 6) is 1.46. The third kappa shape index (κ3) is 5.92. The molecule has 0 spiro atoms. The average molecular weight is 370 g/mol. The highest BCUT2D eigenvalue weighted by Crippen LogP contribution is 2.24. The largest absolute Gasteiger partial charge is 0.493 e. The number of benzene rings is 2. The number of carbonyl (C=O) groups is 1. The van der Waals surface area contributed by atoms with Crippen molar-refractivity contribution in [3.63, 3.8) is 0 Å². The van der Waals surface area contributed by atoms with Crippen molar-refractivity contribution in [3.05, 3.63) is 71.7 Å². The minimum absolute atomic E-state index is 0.0902. The number of para-hydroxylation sites is 1. The van der Waals surface area contributed by atoms with Gasteiger partial charge in [0.15, 0.2) is 5.13 Å². The number of nitrogens with one attached hydrogen (secondary N) is 1. The van der Waals surface area contributed by atoms with Gasteiger partial charge in [0.1, 0.15) is 5.75 Å². The number of hydrogen-bond donors (Lipinski definition) is 1. The number of thioether (sulfide) groups is 1. The maximum atomic E-state index is 12.0. The predicted octanol–water partition coefficient (Wildman–Crippen LogP) is 4.84. The van der Waals surface area contributed by atoms with Crippen molar-refractivity contribution in [2.45, 2.75) is 17.1 Å². The van der Waals surface area contributed by atoms with Crippen molar-refractivity contribution in [2.24, 2.45) is 0 Å². The van der Waals surface area contributed by atoms with E-state index >= 15 is 0 Å². The van der Waals surface area contributed by atoms with Crippen molar-refractivity contribution in [1.29, 1.82) is 0 Å². The second kappa shape index (κ2) is 9.25. The maximum absolute atomic E-state index is 12.0. The molecule has 0 atom stereocenters. The summed E-state index contributed by atoms with van der Waals surface area (Å²) in [6.07, 6.45) is 0.294. The molecule has 128 valence electrons. The molecule has 0 aliphatic carbocycles. The van der Waals surface area contributed by atoms with Gasteiger partial charge < -0.3 is 10.1 Å². The lowest BCUT2D eigenvalue weighted by atomic mass is 10.3. The number of thiazole rings is 1. The number of hydrogen-bond acceptors (Lipinski definition) is 5. The molecule has 1 heterocycles. The first-order chi connectivity index (χ1) is 12.3. The van der Waals surface area contributed by atoms with E-state index in [9.17, 15) is 4.79 Å². The Labute approximate surface area is 155 Å². The van der Waals surface area contributed by atoms with E-state index in [2.05, 4.69) is 22.4 Å². The third-order valence-corrected chi connectivity index (χ3v) is 5.12. The molecular formula is C19H18N2O2S2. The lowest BCUT2D eigenvalue weighted by molar-refractivity contribution is -0.116. The van der Waals surface area contributed by atoms with E-state index in [0.29, 0.717) is 18.2 Å². The van der Waals surface area contributed by atoms with Gasteiger partial charge in [-0.1, -0.05) is 36.4 Å². The van der Waals surface area contributed by atoms with Crippen LogP contribution < -0.4 is 10.1 Å². The van der Waals surface area contributed by atoms with Gasteiger partial charge in [-0.15, -0.1) is 23.1 Å². The maximum Gasteiger partial charge on any atom is 0.229 e. The van der Waals surface area contributed by atoms with Gasteiger partial charge >= 0.3 is 0 Å². The molecular weight excluding hydrogens is 352 g/mol. The first-order valence-corrected chi connectivity index (χ1v) is 9.76. The van der Waals surface area contributed by atoms with Crippen LogP contribution in [0.4, 0.5) is 5.13 Å². The van der Waals surface area contributed by atoms with Crippen LogP contribution in [-0.4, -0.2) is 17.5 Å². The molecule has 1 aromatic heterocycles. The van der Waals surface area contributed by atoms with Crippen LogP contribution in [0.5, 0.6) is 5.75 Å². The highest BCUT2D eigenvalue weighted by molar-refractivity contribution is 7.98. The van der Waals surface area contributed by atoms with Gasteiger partial charge in [0, 0.05) is 16.0 Å². The summed E-state index contributed by atoms with van der Waals surface area (Å²) in [4.78, 5) is 17.6. The molecule has 25 heavy (non-hydrogen) atoms. The predicted molar refractivity (Wildman–Crippen MR) is 103 cm³/mol.